The summed E-state index contributed by atoms with van der Waals surface area (Å²) in [5.41, 5.74) is 8.17. The summed E-state index contributed by atoms with van der Waals surface area (Å²) in [6, 6.07) is 17.8. The number of nitrogens with two attached hydrogens (primary N) is 1. The van der Waals surface area contributed by atoms with Gasteiger partial charge in [-0.25, -0.2) is 4.79 Å². The second kappa shape index (κ2) is 9.17. The van der Waals surface area contributed by atoms with Gasteiger partial charge in [-0.3, -0.25) is 0 Å². The summed E-state index contributed by atoms with van der Waals surface area (Å²) in [7, 11) is 0. The van der Waals surface area contributed by atoms with Crippen molar-refractivity contribution < 1.29 is 14.6 Å². The van der Waals surface area contributed by atoms with E-state index in [1.807, 2.05) is 42.5 Å². The minimum atomic E-state index is -0.673. The molecule has 0 saturated carbocycles. The first-order chi connectivity index (χ1) is 14.6. The summed E-state index contributed by atoms with van der Waals surface area (Å²) in [5.74, 6) is -0.565. The Balaban J connectivity index is 1.96. The van der Waals surface area contributed by atoms with E-state index < -0.39 is 11.6 Å². The molecular weight excluding hydrogens is 386 g/mol. The standard InChI is InChI=1S/C27H35NO3/c1-5-15-27(16-14-19-10-7-6-8-11-19)18-22(29)23(25(30)31-27)24(26(2,3)4)20-12-9-13-21(28)17-20/h6-13,17,24,29H,5,14-16,18,28H2,1-4H3/t24-,27-/m0/s1. The van der Waals surface area contributed by atoms with Gasteiger partial charge in [-0.05, 0) is 47.9 Å². The molecular formula is C27H35NO3. The van der Waals surface area contributed by atoms with Crippen molar-refractivity contribution in [1.29, 1.82) is 0 Å². The van der Waals surface area contributed by atoms with Gasteiger partial charge in [-0.2, -0.15) is 0 Å². The molecule has 2 atom stereocenters. The summed E-state index contributed by atoms with van der Waals surface area (Å²) in [6.45, 7) is 8.28. The lowest BCUT2D eigenvalue weighted by Crippen LogP contribution is -2.43. The first kappa shape index (κ1) is 22.9. The molecule has 0 bridgehead atoms. The van der Waals surface area contributed by atoms with Crippen LogP contribution in [-0.2, 0) is 16.0 Å². The van der Waals surface area contributed by atoms with E-state index >= 15 is 0 Å². The predicted octanol–water partition coefficient (Wildman–Crippen LogP) is 6.33. The molecule has 0 unspecified atom stereocenters. The van der Waals surface area contributed by atoms with Gasteiger partial charge in [0.05, 0.1) is 5.57 Å². The number of hydrogen-bond donors (Lipinski definition) is 2. The number of carbonyl (C=O) groups excluding carboxylic acids is 1. The van der Waals surface area contributed by atoms with Crippen molar-refractivity contribution in [2.24, 2.45) is 5.41 Å². The molecule has 1 heterocycles. The Hall–Kier alpha value is -2.75. The number of rotatable bonds is 7. The van der Waals surface area contributed by atoms with Crippen molar-refractivity contribution in [2.75, 3.05) is 5.73 Å². The Morgan fingerprint density at radius 3 is 2.39 bits per heavy atom. The van der Waals surface area contributed by atoms with Crippen molar-refractivity contribution in [3.63, 3.8) is 0 Å². The lowest BCUT2D eigenvalue weighted by atomic mass is 9.70. The number of aliphatic hydroxyl groups is 1. The number of nitrogen functional groups attached to an aromatic ring is 1. The van der Waals surface area contributed by atoms with Crippen LogP contribution in [0, 0.1) is 5.41 Å². The zero-order chi connectivity index (χ0) is 22.6. The lowest BCUT2D eigenvalue weighted by molar-refractivity contribution is -0.161. The van der Waals surface area contributed by atoms with Gasteiger partial charge < -0.3 is 15.6 Å². The van der Waals surface area contributed by atoms with Crippen LogP contribution in [0.5, 0.6) is 0 Å². The summed E-state index contributed by atoms with van der Waals surface area (Å²) in [6.07, 6.45) is 3.44. The smallest absolute Gasteiger partial charge is 0.338 e. The maximum atomic E-state index is 13.4. The van der Waals surface area contributed by atoms with Crippen molar-refractivity contribution >= 4 is 11.7 Å². The van der Waals surface area contributed by atoms with Crippen molar-refractivity contribution in [1.82, 2.24) is 0 Å². The van der Waals surface area contributed by atoms with Gasteiger partial charge in [-0.15, -0.1) is 0 Å². The van der Waals surface area contributed by atoms with Gasteiger partial charge in [0.15, 0.2) is 0 Å². The van der Waals surface area contributed by atoms with E-state index in [2.05, 4.69) is 39.8 Å². The van der Waals surface area contributed by atoms with E-state index in [1.54, 1.807) is 0 Å². The minimum absolute atomic E-state index is 0.153. The van der Waals surface area contributed by atoms with Crippen LogP contribution in [0.4, 0.5) is 5.69 Å². The zero-order valence-corrected chi connectivity index (χ0v) is 19.2. The molecule has 3 N–H and O–H groups in total. The van der Waals surface area contributed by atoms with E-state index in [0.717, 1.165) is 24.8 Å². The Kier molecular flexibility index (Phi) is 6.78. The molecule has 4 heteroatoms. The highest BCUT2D eigenvalue weighted by Crippen LogP contribution is 2.47. The first-order valence-corrected chi connectivity index (χ1v) is 11.2. The van der Waals surface area contributed by atoms with Crippen LogP contribution >= 0.6 is 0 Å². The van der Waals surface area contributed by atoms with Crippen LogP contribution in [0.3, 0.4) is 0 Å². The van der Waals surface area contributed by atoms with Crippen LogP contribution in [0.2, 0.25) is 0 Å². The molecule has 1 aliphatic rings. The molecule has 0 spiro atoms. The maximum absolute atomic E-state index is 13.4. The Morgan fingerprint density at radius 1 is 1.10 bits per heavy atom. The largest absolute Gasteiger partial charge is 0.512 e. The fourth-order valence-electron chi connectivity index (χ4n) is 4.80. The van der Waals surface area contributed by atoms with E-state index in [9.17, 15) is 9.90 Å². The van der Waals surface area contributed by atoms with Crippen LogP contribution in [0.25, 0.3) is 0 Å². The third kappa shape index (κ3) is 5.30. The van der Waals surface area contributed by atoms with Crippen LogP contribution < -0.4 is 5.73 Å². The third-order valence-electron chi connectivity index (χ3n) is 6.15. The lowest BCUT2D eigenvalue weighted by Gasteiger charge is -2.41. The molecule has 166 valence electrons. The number of aliphatic hydroxyl groups excluding tert-OH is 1. The summed E-state index contributed by atoms with van der Waals surface area (Å²) >= 11 is 0. The summed E-state index contributed by atoms with van der Waals surface area (Å²) < 4.78 is 6.16. The van der Waals surface area contributed by atoms with Crippen molar-refractivity contribution in [2.45, 2.75) is 71.3 Å². The number of benzene rings is 2. The summed E-state index contributed by atoms with van der Waals surface area (Å²) in [4.78, 5) is 13.4. The molecule has 0 aliphatic carbocycles. The van der Waals surface area contributed by atoms with Crippen LogP contribution in [-0.4, -0.2) is 16.7 Å². The molecule has 2 aromatic rings. The monoisotopic (exact) mass is 421 g/mol. The van der Waals surface area contributed by atoms with E-state index in [0.29, 0.717) is 24.1 Å². The van der Waals surface area contributed by atoms with Crippen molar-refractivity contribution in [3.05, 3.63) is 77.1 Å². The number of aryl methyl sites for hydroxylation is 1. The third-order valence-corrected chi connectivity index (χ3v) is 6.15. The summed E-state index contributed by atoms with van der Waals surface area (Å²) in [5, 5.41) is 11.2. The van der Waals surface area contributed by atoms with Crippen LogP contribution in [0.15, 0.2) is 65.9 Å². The molecule has 0 saturated heterocycles. The number of ether oxygens (including phenoxy) is 1. The highest BCUT2D eigenvalue weighted by atomic mass is 16.6. The average molecular weight is 422 g/mol. The normalized spacial score (nSPS) is 20.5. The number of hydrogen-bond acceptors (Lipinski definition) is 4. The predicted molar refractivity (Wildman–Crippen MR) is 126 cm³/mol. The van der Waals surface area contributed by atoms with Gasteiger partial charge >= 0.3 is 5.97 Å². The van der Waals surface area contributed by atoms with Crippen LogP contribution in [0.1, 0.15) is 70.4 Å². The second-order valence-corrected chi connectivity index (χ2v) is 9.81. The highest BCUT2D eigenvalue weighted by molar-refractivity contribution is 5.92. The molecule has 3 rings (SSSR count). The van der Waals surface area contributed by atoms with E-state index in [1.165, 1.54) is 5.56 Å². The number of carbonyl (C=O) groups is 1. The Morgan fingerprint density at radius 2 is 1.81 bits per heavy atom. The zero-order valence-electron chi connectivity index (χ0n) is 19.2. The van der Waals surface area contributed by atoms with Gasteiger partial charge in [0, 0.05) is 18.0 Å². The fraction of sp³-hybridized carbons (Fsp3) is 0.444. The number of cyclic esters (lactones) is 1. The molecule has 0 amide bonds. The molecule has 0 fully saturated rings. The molecule has 1 aliphatic heterocycles. The molecule has 2 aromatic carbocycles. The highest BCUT2D eigenvalue weighted by Gasteiger charge is 2.45. The van der Waals surface area contributed by atoms with Crippen molar-refractivity contribution in [3.8, 4) is 0 Å². The fourth-order valence-corrected chi connectivity index (χ4v) is 4.80. The van der Waals surface area contributed by atoms with E-state index in [-0.39, 0.29) is 17.1 Å². The second-order valence-electron chi connectivity index (χ2n) is 9.81. The number of esters is 1. The van der Waals surface area contributed by atoms with Gasteiger partial charge in [-0.1, -0.05) is 76.6 Å². The van der Waals surface area contributed by atoms with Gasteiger partial charge in [0.25, 0.3) is 0 Å². The molecule has 31 heavy (non-hydrogen) atoms. The molecule has 0 aromatic heterocycles. The van der Waals surface area contributed by atoms with Gasteiger partial charge in [0.1, 0.15) is 11.4 Å². The number of anilines is 1. The Labute approximate surface area is 186 Å². The maximum Gasteiger partial charge on any atom is 0.338 e. The Bertz CT molecular complexity index is 942. The molecule has 0 radical (unpaired) electrons. The topological polar surface area (TPSA) is 72.5 Å². The first-order valence-electron chi connectivity index (χ1n) is 11.2. The average Bonchev–Trinajstić information content (AvgIpc) is 2.69. The SMILES string of the molecule is CCC[C@]1(CCc2ccccc2)CC(O)=C([C@H](c2cccc(N)c2)C(C)(C)C)C(=O)O1. The molecule has 4 nitrogen and oxygen atoms in total. The quantitative estimate of drug-likeness (QED) is 0.405. The van der Waals surface area contributed by atoms with E-state index in [4.69, 9.17) is 10.5 Å². The van der Waals surface area contributed by atoms with Gasteiger partial charge in [0.2, 0.25) is 0 Å². The minimum Gasteiger partial charge on any atom is -0.512 e.